The summed E-state index contributed by atoms with van der Waals surface area (Å²) in [6, 6.07) is 0.710. The molecule has 0 spiro atoms. The molecule has 0 amide bonds. The smallest absolute Gasteiger partial charge is 0.00965 e. The van der Waals surface area contributed by atoms with Crippen LogP contribution in [-0.4, -0.2) is 48.6 Å². The highest BCUT2D eigenvalue weighted by molar-refractivity contribution is 7.98. The second-order valence-corrected chi connectivity index (χ2v) is 6.63. The minimum atomic E-state index is 0.253. The Morgan fingerprint density at radius 3 is 2.44 bits per heavy atom. The second kappa shape index (κ2) is 8.37. The lowest BCUT2D eigenvalue weighted by Crippen LogP contribution is -2.38. The first-order chi connectivity index (χ1) is 7.37. The molecule has 0 radical (unpaired) electrons. The van der Waals surface area contributed by atoms with E-state index in [1.54, 1.807) is 0 Å². The molecule has 0 aliphatic heterocycles. The van der Waals surface area contributed by atoms with Gasteiger partial charge < -0.3 is 10.2 Å². The number of nitrogens with zero attached hydrogens (tertiary/aromatic N) is 1. The molecule has 0 fully saturated rings. The van der Waals surface area contributed by atoms with E-state index in [-0.39, 0.29) is 5.54 Å². The number of hydrogen-bond acceptors (Lipinski definition) is 3. The summed E-state index contributed by atoms with van der Waals surface area (Å²) in [6.07, 6.45) is 4.71. The van der Waals surface area contributed by atoms with Gasteiger partial charge in [-0.1, -0.05) is 0 Å². The van der Waals surface area contributed by atoms with Crippen molar-refractivity contribution in [2.75, 3.05) is 32.1 Å². The van der Waals surface area contributed by atoms with Gasteiger partial charge in [-0.2, -0.15) is 11.8 Å². The predicted octanol–water partition coefficient (Wildman–Crippen LogP) is 2.84. The molecule has 0 rings (SSSR count). The first kappa shape index (κ1) is 16.3. The Morgan fingerprint density at radius 2 is 1.94 bits per heavy atom. The third-order valence-electron chi connectivity index (χ3n) is 2.84. The molecule has 0 heterocycles. The molecule has 0 bridgehead atoms. The Hall–Kier alpha value is 0.270. The van der Waals surface area contributed by atoms with E-state index in [0.717, 1.165) is 6.54 Å². The maximum Gasteiger partial charge on any atom is 0.00965 e. The highest BCUT2D eigenvalue weighted by atomic mass is 32.2. The van der Waals surface area contributed by atoms with Crippen molar-refractivity contribution >= 4 is 11.8 Å². The van der Waals surface area contributed by atoms with Crippen LogP contribution in [0.3, 0.4) is 0 Å². The fraction of sp³-hybridized carbons (Fsp3) is 1.00. The van der Waals surface area contributed by atoms with E-state index in [1.165, 1.54) is 25.1 Å². The summed E-state index contributed by atoms with van der Waals surface area (Å²) in [4.78, 5) is 2.47. The van der Waals surface area contributed by atoms with Crippen molar-refractivity contribution in [3.63, 3.8) is 0 Å². The zero-order chi connectivity index (χ0) is 12.6. The third kappa shape index (κ3) is 9.49. The first-order valence-corrected chi connectivity index (χ1v) is 7.70. The SMILES string of the molecule is CSCCC(C)N(C)CCCNC(C)(C)C. The molecule has 16 heavy (non-hydrogen) atoms. The van der Waals surface area contributed by atoms with Crippen LogP contribution in [0.5, 0.6) is 0 Å². The van der Waals surface area contributed by atoms with Crippen LogP contribution < -0.4 is 5.32 Å². The molecule has 0 aromatic heterocycles. The van der Waals surface area contributed by atoms with Crippen molar-refractivity contribution in [2.45, 2.75) is 52.1 Å². The van der Waals surface area contributed by atoms with Crippen molar-refractivity contribution in [2.24, 2.45) is 0 Å². The molecule has 0 saturated carbocycles. The molecular formula is C13H30N2S. The zero-order valence-electron chi connectivity index (χ0n) is 12.0. The monoisotopic (exact) mass is 246 g/mol. The standard InChI is InChI=1S/C13H30N2S/c1-12(8-11-16-6)15(5)10-7-9-14-13(2,3)4/h12,14H,7-11H2,1-6H3. The van der Waals surface area contributed by atoms with Crippen LogP contribution in [-0.2, 0) is 0 Å². The maximum atomic E-state index is 3.53. The highest BCUT2D eigenvalue weighted by Crippen LogP contribution is 2.06. The van der Waals surface area contributed by atoms with Crippen LogP contribution in [0.4, 0.5) is 0 Å². The third-order valence-corrected chi connectivity index (χ3v) is 3.48. The minimum Gasteiger partial charge on any atom is -0.312 e. The molecule has 1 unspecified atom stereocenters. The lowest BCUT2D eigenvalue weighted by atomic mass is 10.1. The lowest BCUT2D eigenvalue weighted by Gasteiger charge is -2.26. The van der Waals surface area contributed by atoms with Gasteiger partial charge in [-0.25, -0.2) is 0 Å². The van der Waals surface area contributed by atoms with E-state index < -0.39 is 0 Å². The van der Waals surface area contributed by atoms with Crippen molar-refractivity contribution in [3.8, 4) is 0 Å². The van der Waals surface area contributed by atoms with E-state index in [4.69, 9.17) is 0 Å². The summed E-state index contributed by atoms with van der Waals surface area (Å²) in [5.41, 5.74) is 0.253. The summed E-state index contributed by atoms with van der Waals surface area (Å²) >= 11 is 1.94. The van der Waals surface area contributed by atoms with Crippen LogP contribution in [0.1, 0.15) is 40.5 Å². The van der Waals surface area contributed by atoms with E-state index in [2.05, 4.69) is 51.2 Å². The van der Waals surface area contributed by atoms with Crippen molar-refractivity contribution < 1.29 is 0 Å². The molecule has 3 heteroatoms. The zero-order valence-corrected chi connectivity index (χ0v) is 12.8. The quantitative estimate of drug-likeness (QED) is 0.663. The minimum absolute atomic E-state index is 0.253. The van der Waals surface area contributed by atoms with Crippen LogP contribution in [0, 0.1) is 0 Å². The summed E-state index contributed by atoms with van der Waals surface area (Å²) in [5, 5.41) is 3.53. The largest absolute Gasteiger partial charge is 0.312 e. The average Bonchev–Trinajstić information content (AvgIpc) is 2.19. The van der Waals surface area contributed by atoms with E-state index in [9.17, 15) is 0 Å². The Bertz CT molecular complexity index is 166. The molecule has 1 atom stereocenters. The molecule has 2 nitrogen and oxygen atoms in total. The fourth-order valence-electron chi connectivity index (χ4n) is 1.52. The number of hydrogen-bond donors (Lipinski definition) is 1. The Labute approximate surface area is 107 Å². The first-order valence-electron chi connectivity index (χ1n) is 6.31. The van der Waals surface area contributed by atoms with Gasteiger partial charge in [-0.15, -0.1) is 0 Å². The summed E-state index contributed by atoms with van der Waals surface area (Å²) < 4.78 is 0. The van der Waals surface area contributed by atoms with E-state index in [1.807, 2.05) is 11.8 Å². The predicted molar refractivity (Wildman–Crippen MR) is 77.5 cm³/mol. The van der Waals surface area contributed by atoms with E-state index in [0.29, 0.717) is 6.04 Å². The molecule has 0 aliphatic carbocycles. The van der Waals surface area contributed by atoms with Gasteiger partial charge in [0.05, 0.1) is 0 Å². The van der Waals surface area contributed by atoms with Crippen LogP contribution in [0.25, 0.3) is 0 Å². The molecule has 0 aliphatic rings. The highest BCUT2D eigenvalue weighted by Gasteiger charge is 2.10. The second-order valence-electron chi connectivity index (χ2n) is 5.64. The van der Waals surface area contributed by atoms with Gasteiger partial charge in [-0.3, -0.25) is 0 Å². The van der Waals surface area contributed by atoms with Crippen molar-refractivity contribution in [1.29, 1.82) is 0 Å². The van der Waals surface area contributed by atoms with Gasteiger partial charge >= 0.3 is 0 Å². The number of rotatable bonds is 8. The molecule has 0 saturated heterocycles. The van der Waals surface area contributed by atoms with Crippen LogP contribution >= 0.6 is 11.8 Å². The molecular weight excluding hydrogens is 216 g/mol. The molecule has 98 valence electrons. The molecule has 0 aromatic carbocycles. The topological polar surface area (TPSA) is 15.3 Å². The van der Waals surface area contributed by atoms with Crippen molar-refractivity contribution in [3.05, 3.63) is 0 Å². The van der Waals surface area contributed by atoms with Crippen molar-refractivity contribution in [1.82, 2.24) is 10.2 Å². The maximum absolute atomic E-state index is 3.53. The summed E-state index contributed by atoms with van der Waals surface area (Å²) in [7, 11) is 2.24. The molecule has 1 N–H and O–H groups in total. The van der Waals surface area contributed by atoms with Gasteiger partial charge in [0.25, 0.3) is 0 Å². The normalized spacial score (nSPS) is 14.4. The van der Waals surface area contributed by atoms with Crippen LogP contribution in [0.2, 0.25) is 0 Å². The average molecular weight is 246 g/mol. The van der Waals surface area contributed by atoms with Gasteiger partial charge in [0.2, 0.25) is 0 Å². The Morgan fingerprint density at radius 1 is 1.31 bits per heavy atom. The summed E-state index contributed by atoms with van der Waals surface area (Å²) in [5.74, 6) is 1.27. The fourth-order valence-corrected chi connectivity index (χ4v) is 2.10. The summed E-state index contributed by atoms with van der Waals surface area (Å²) in [6.45, 7) is 11.3. The van der Waals surface area contributed by atoms with Gasteiger partial charge in [0, 0.05) is 11.6 Å². The lowest BCUT2D eigenvalue weighted by molar-refractivity contribution is 0.246. The van der Waals surface area contributed by atoms with Crippen LogP contribution in [0.15, 0.2) is 0 Å². The number of thioether (sulfide) groups is 1. The van der Waals surface area contributed by atoms with Gasteiger partial charge in [0.1, 0.15) is 0 Å². The van der Waals surface area contributed by atoms with Gasteiger partial charge in [0.15, 0.2) is 0 Å². The van der Waals surface area contributed by atoms with Gasteiger partial charge in [-0.05, 0) is 72.7 Å². The Kier molecular flexibility index (Phi) is 8.52. The number of nitrogens with one attached hydrogen (secondary N) is 1. The molecule has 0 aromatic rings. The van der Waals surface area contributed by atoms with E-state index >= 15 is 0 Å². The Balaban J connectivity index is 3.53.